The molecule has 7 heteroatoms. The highest BCUT2D eigenvalue weighted by Crippen LogP contribution is 1.84. The summed E-state index contributed by atoms with van der Waals surface area (Å²) in [5.74, 6) is -0.355. The normalized spacial score (nSPS) is 10.2. The maximum atomic E-state index is 11.4. The molecule has 0 radical (unpaired) electrons. The van der Waals surface area contributed by atoms with Crippen LogP contribution in [0.5, 0.6) is 0 Å². The van der Waals surface area contributed by atoms with Gasteiger partial charge in [-0.1, -0.05) is 0 Å². The highest BCUT2D eigenvalue weighted by atomic mass is 16.3. The minimum atomic E-state index is -0.435. The Hall–Kier alpha value is -1.89. The molecule has 0 saturated heterocycles. The minimum absolute atomic E-state index is 0.0847. The Balaban J connectivity index is 2.48. The van der Waals surface area contributed by atoms with Crippen molar-refractivity contribution in [1.82, 2.24) is 15.1 Å². The monoisotopic (exact) mass is 241 g/mol. The predicted octanol–water partition coefficient (Wildman–Crippen LogP) is -1.57. The number of unbranched alkanes of at least 4 members (excludes halogenated alkanes) is 1. The predicted molar refractivity (Wildman–Crippen MR) is 60.7 cm³/mol. The lowest BCUT2D eigenvalue weighted by Gasteiger charge is -2.06. The summed E-state index contributed by atoms with van der Waals surface area (Å²) in [7, 11) is 0. The van der Waals surface area contributed by atoms with Crippen molar-refractivity contribution in [2.75, 3.05) is 13.2 Å². The molecule has 0 aromatic carbocycles. The molecular weight excluding hydrogens is 226 g/mol. The smallest absolute Gasteiger partial charge is 0.265 e. The van der Waals surface area contributed by atoms with Gasteiger partial charge in [0, 0.05) is 25.3 Å². The van der Waals surface area contributed by atoms with Gasteiger partial charge < -0.3 is 10.4 Å². The zero-order valence-corrected chi connectivity index (χ0v) is 9.31. The molecule has 0 fully saturated rings. The van der Waals surface area contributed by atoms with Crippen molar-refractivity contribution in [3.8, 4) is 0 Å². The number of aliphatic hydroxyl groups excluding tert-OH is 1. The van der Waals surface area contributed by atoms with Gasteiger partial charge in [-0.15, -0.1) is 0 Å². The Morgan fingerprint density at radius 2 is 2.12 bits per heavy atom. The first-order valence-electron chi connectivity index (χ1n) is 5.31. The fourth-order valence-corrected chi connectivity index (χ4v) is 1.24. The van der Waals surface area contributed by atoms with Gasteiger partial charge in [0.1, 0.15) is 6.54 Å². The SMILES string of the molecule is O=C(Cn1[nH]c(=O)ccc1=O)NCCCCO. The molecule has 0 aliphatic carbocycles. The summed E-state index contributed by atoms with van der Waals surface area (Å²) in [5, 5.41) is 13.4. The average molecular weight is 241 g/mol. The number of nitrogens with zero attached hydrogens (tertiary/aromatic N) is 1. The van der Waals surface area contributed by atoms with E-state index in [0.29, 0.717) is 19.4 Å². The molecule has 0 aliphatic rings. The molecule has 3 N–H and O–H groups in total. The third-order valence-electron chi connectivity index (χ3n) is 2.10. The van der Waals surface area contributed by atoms with E-state index < -0.39 is 11.1 Å². The molecule has 0 saturated carbocycles. The lowest BCUT2D eigenvalue weighted by Crippen LogP contribution is -2.36. The Morgan fingerprint density at radius 3 is 2.82 bits per heavy atom. The second kappa shape index (κ2) is 6.64. The van der Waals surface area contributed by atoms with E-state index in [1.54, 1.807) is 0 Å². The topological polar surface area (TPSA) is 104 Å². The largest absolute Gasteiger partial charge is 0.396 e. The van der Waals surface area contributed by atoms with Crippen molar-refractivity contribution in [2.24, 2.45) is 0 Å². The van der Waals surface area contributed by atoms with Crippen LogP contribution in [0.15, 0.2) is 21.7 Å². The maximum absolute atomic E-state index is 11.4. The van der Waals surface area contributed by atoms with Crippen molar-refractivity contribution in [3.63, 3.8) is 0 Å². The summed E-state index contributed by atoms with van der Waals surface area (Å²) >= 11 is 0. The number of hydrogen-bond acceptors (Lipinski definition) is 4. The van der Waals surface area contributed by atoms with Crippen molar-refractivity contribution in [1.29, 1.82) is 0 Å². The van der Waals surface area contributed by atoms with E-state index in [-0.39, 0.29) is 19.1 Å². The van der Waals surface area contributed by atoms with E-state index in [1.165, 1.54) is 0 Å². The molecule has 0 atom stereocenters. The van der Waals surface area contributed by atoms with Crippen LogP contribution in [-0.2, 0) is 11.3 Å². The van der Waals surface area contributed by atoms with Crippen LogP contribution in [0.4, 0.5) is 0 Å². The number of aromatic amines is 1. The van der Waals surface area contributed by atoms with Crippen LogP contribution in [-0.4, -0.2) is 33.9 Å². The first-order valence-corrected chi connectivity index (χ1v) is 5.31. The zero-order valence-electron chi connectivity index (χ0n) is 9.31. The maximum Gasteiger partial charge on any atom is 0.265 e. The Bertz CT molecular complexity index is 477. The summed E-state index contributed by atoms with van der Waals surface area (Å²) in [6, 6.07) is 2.22. The number of aromatic nitrogens is 2. The number of aliphatic hydroxyl groups is 1. The molecule has 0 unspecified atom stereocenters. The molecule has 1 heterocycles. The number of carbonyl (C=O) groups excluding carboxylic acids is 1. The first-order chi connectivity index (χ1) is 8.13. The third-order valence-corrected chi connectivity index (χ3v) is 2.10. The highest BCUT2D eigenvalue weighted by molar-refractivity contribution is 5.75. The number of rotatable bonds is 6. The van der Waals surface area contributed by atoms with Gasteiger partial charge in [0.05, 0.1) is 0 Å². The van der Waals surface area contributed by atoms with Gasteiger partial charge in [-0.2, -0.15) is 0 Å². The van der Waals surface area contributed by atoms with E-state index in [9.17, 15) is 14.4 Å². The van der Waals surface area contributed by atoms with E-state index >= 15 is 0 Å². The second-order valence-corrected chi connectivity index (χ2v) is 3.51. The number of hydrogen-bond donors (Lipinski definition) is 3. The fraction of sp³-hybridized carbons (Fsp3) is 0.500. The van der Waals surface area contributed by atoms with E-state index in [0.717, 1.165) is 16.8 Å². The Labute approximate surface area is 97.1 Å². The van der Waals surface area contributed by atoms with Gasteiger partial charge in [0.2, 0.25) is 5.91 Å². The molecule has 7 nitrogen and oxygen atoms in total. The lowest BCUT2D eigenvalue weighted by atomic mass is 10.3. The van der Waals surface area contributed by atoms with Crippen LogP contribution >= 0.6 is 0 Å². The zero-order chi connectivity index (χ0) is 12.7. The summed E-state index contributed by atoms with van der Waals surface area (Å²) in [5.41, 5.74) is -0.868. The van der Waals surface area contributed by atoms with E-state index in [2.05, 4.69) is 10.4 Å². The lowest BCUT2D eigenvalue weighted by molar-refractivity contribution is -0.121. The van der Waals surface area contributed by atoms with Crippen molar-refractivity contribution in [3.05, 3.63) is 32.8 Å². The average Bonchev–Trinajstić information content (AvgIpc) is 2.29. The van der Waals surface area contributed by atoms with Gasteiger partial charge in [-0.05, 0) is 12.8 Å². The summed E-state index contributed by atoms with van der Waals surface area (Å²) < 4.78 is 0.948. The van der Waals surface area contributed by atoms with Gasteiger partial charge in [-0.25, -0.2) is 4.68 Å². The van der Waals surface area contributed by atoms with Gasteiger partial charge >= 0.3 is 0 Å². The quantitative estimate of drug-likeness (QED) is 0.523. The van der Waals surface area contributed by atoms with Gasteiger partial charge in [0.15, 0.2) is 0 Å². The standard InChI is InChI=1S/C10H15N3O4/c14-6-2-1-5-11-9(16)7-13-10(17)4-3-8(15)12-13/h3-4,14H,1-2,5-7H2,(H,11,16)(H,12,15). The second-order valence-electron chi connectivity index (χ2n) is 3.51. The molecule has 1 aromatic heterocycles. The molecule has 94 valence electrons. The molecular formula is C10H15N3O4. The molecule has 0 spiro atoms. The van der Waals surface area contributed by atoms with Gasteiger partial charge in [0.25, 0.3) is 11.1 Å². The van der Waals surface area contributed by atoms with E-state index in [1.807, 2.05) is 0 Å². The minimum Gasteiger partial charge on any atom is -0.396 e. The Morgan fingerprint density at radius 1 is 1.35 bits per heavy atom. The number of H-pyrrole nitrogens is 1. The third kappa shape index (κ3) is 4.64. The molecule has 0 bridgehead atoms. The molecule has 0 aliphatic heterocycles. The van der Waals surface area contributed by atoms with Crippen LogP contribution in [0.2, 0.25) is 0 Å². The highest BCUT2D eigenvalue weighted by Gasteiger charge is 2.03. The van der Waals surface area contributed by atoms with Crippen LogP contribution < -0.4 is 16.4 Å². The van der Waals surface area contributed by atoms with Crippen LogP contribution in [0.1, 0.15) is 12.8 Å². The van der Waals surface area contributed by atoms with Crippen molar-refractivity contribution in [2.45, 2.75) is 19.4 Å². The number of amides is 1. The first kappa shape index (κ1) is 13.2. The summed E-state index contributed by atoms with van der Waals surface area (Å²) in [6.45, 7) is 0.306. The molecule has 17 heavy (non-hydrogen) atoms. The van der Waals surface area contributed by atoms with Gasteiger partial charge in [-0.3, -0.25) is 19.5 Å². The molecule has 1 rings (SSSR count). The van der Waals surface area contributed by atoms with Crippen molar-refractivity contribution < 1.29 is 9.90 Å². The van der Waals surface area contributed by atoms with Crippen molar-refractivity contribution >= 4 is 5.91 Å². The fourth-order valence-electron chi connectivity index (χ4n) is 1.24. The van der Waals surface area contributed by atoms with E-state index in [4.69, 9.17) is 5.11 Å². The number of carbonyl (C=O) groups is 1. The molecule has 1 aromatic rings. The van der Waals surface area contributed by atoms with Crippen LogP contribution in [0.25, 0.3) is 0 Å². The summed E-state index contributed by atoms with van der Waals surface area (Å²) in [6.07, 6.45) is 1.28. The molecule has 1 amide bonds. The van der Waals surface area contributed by atoms with Crippen LogP contribution in [0, 0.1) is 0 Å². The number of nitrogens with one attached hydrogen (secondary N) is 2. The van der Waals surface area contributed by atoms with Crippen LogP contribution in [0.3, 0.4) is 0 Å². The summed E-state index contributed by atoms with van der Waals surface area (Å²) in [4.78, 5) is 33.6. The Kier molecular flexibility index (Phi) is 5.15.